The Morgan fingerprint density at radius 3 is 2.40 bits per heavy atom. The third-order valence-electron chi connectivity index (χ3n) is 3.83. The Morgan fingerprint density at radius 2 is 1.80 bits per heavy atom. The first-order valence-electron chi connectivity index (χ1n) is 7.28. The number of hydrogen-bond donors (Lipinski definition) is 2. The van der Waals surface area contributed by atoms with Crippen molar-refractivity contribution in [3.63, 3.8) is 0 Å². The van der Waals surface area contributed by atoms with Gasteiger partial charge in [-0.3, -0.25) is 4.79 Å². The molecule has 1 unspecified atom stereocenters. The average Bonchev–Trinajstić information content (AvgIpc) is 2.94. The number of aromatic hydroxyl groups is 1. The van der Waals surface area contributed by atoms with Crippen molar-refractivity contribution in [2.45, 2.75) is 18.3 Å². The molecule has 8 heteroatoms. The number of phenols is 1. The van der Waals surface area contributed by atoms with Crippen LogP contribution in [0.5, 0.6) is 5.75 Å². The second kappa shape index (κ2) is 5.89. The van der Waals surface area contributed by atoms with Gasteiger partial charge in [-0.1, -0.05) is 36.4 Å². The molecular formula is C17H13F3N2O3. The Hall–Kier alpha value is -2.87. The smallest absolute Gasteiger partial charge is 0.438 e. The molecule has 1 atom stereocenters. The number of nitrogens with zero attached hydrogens (tertiary/aromatic N) is 2. The van der Waals surface area contributed by atoms with Crippen molar-refractivity contribution in [2.24, 2.45) is 5.10 Å². The van der Waals surface area contributed by atoms with Gasteiger partial charge in [-0.25, -0.2) is 0 Å². The Morgan fingerprint density at radius 1 is 1.12 bits per heavy atom. The topological polar surface area (TPSA) is 73.1 Å². The summed E-state index contributed by atoms with van der Waals surface area (Å²) in [6.45, 7) is 0. The zero-order valence-electron chi connectivity index (χ0n) is 12.7. The first-order valence-corrected chi connectivity index (χ1v) is 7.28. The summed E-state index contributed by atoms with van der Waals surface area (Å²) in [4.78, 5) is 12.5. The lowest BCUT2D eigenvalue weighted by molar-refractivity contribution is -0.297. The molecule has 3 rings (SSSR count). The van der Waals surface area contributed by atoms with Crippen LogP contribution < -0.4 is 0 Å². The SMILES string of the molecule is O=C(c1cccc(O)c1)N1N=C(c2ccccc2)CC1(O)C(F)(F)F. The van der Waals surface area contributed by atoms with Crippen molar-refractivity contribution in [1.29, 1.82) is 0 Å². The monoisotopic (exact) mass is 350 g/mol. The molecule has 0 aromatic heterocycles. The molecule has 5 nitrogen and oxygen atoms in total. The van der Waals surface area contributed by atoms with Gasteiger partial charge in [0.15, 0.2) is 0 Å². The minimum atomic E-state index is -5.11. The number of rotatable bonds is 2. The molecule has 0 saturated heterocycles. The van der Waals surface area contributed by atoms with Gasteiger partial charge >= 0.3 is 6.18 Å². The van der Waals surface area contributed by atoms with Gasteiger partial charge in [0.2, 0.25) is 0 Å². The normalized spacial score (nSPS) is 20.5. The predicted molar refractivity (Wildman–Crippen MR) is 82.9 cm³/mol. The van der Waals surface area contributed by atoms with Crippen LogP contribution in [0.15, 0.2) is 59.7 Å². The van der Waals surface area contributed by atoms with Crippen molar-refractivity contribution in [1.82, 2.24) is 5.01 Å². The lowest BCUT2D eigenvalue weighted by atomic mass is 10.0. The van der Waals surface area contributed by atoms with Crippen LogP contribution >= 0.6 is 0 Å². The van der Waals surface area contributed by atoms with E-state index in [1.165, 1.54) is 30.3 Å². The van der Waals surface area contributed by atoms with Crippen LogP contribution in [0.3, 0.4) is 0 Å². The predicted octanol–water partition coefficient (Wildman–Crippen LogP) is 2.89. The van der Waals surface area contributed by atoms with E-state index in [2.05, 4.69) is 5.10 Å². The van der Waals surface area contributed by atoms with E-state index >= 15 is 0 Å². The van der Waals surface area contributed by atoms with E-state index in [0.29, 0.717) is 5.56 Å². The first kappa shape index (κ1) is 17.0. The molecule has 0 spiro atoms. The number of carbonyl (C=O) groups excluding carboxylic acids is 1. The highest BCUT2D eigenvalue weighted by Gasteiger charge is 2.63. The molecule has 1 aliphatic rings. The Kier molecular flexibility index (Phi) is 4.00. The van der Waals surface area contributed by atoms with Crippen LogP contribution in [0.25, 0.3) is 0 Å². The fourth-order valence-corrected chi connectivity index (χ4v) is 2.53. The first-order chi connectivity index (χ1) is 11.7. The van der Waals surface area contributed by atoms with Crippen LogP contribution in [0.2, 0.25) is 0 Å². The largest absolute Gasteiger partial charge is 0.508 e. The summed E-state index contributed by atoms with van der Waals surface area (Å²) in [7, 11) is 0. The molecule has 0 radical (unpaired) electrons. The highest BCUT2D eigenvalue weighted by molar-refractivity contribution is 6.05. The number of hydrogen-bond acceptors (Lipinski definition) is 4. The van der Waals surface area contributed by atoms with Gasteiger partial charge in [0.25, 0.3) is 11.6 Å². The quantitative estimate of drug-likeness (QED) is 0.875. The number of alkyl halides is 3. The average molecular weight is 350 g/mol. The van der Waals surface area contributed by atoms with Gasteiger partial charge in [0.1, 0.15) is 5.75 Å². The van der Waals surface area contributed by atoms with Crippen molar-refractivity contribution >= 4 is 11.6 Å². The maximum atomic E-state index is 13.5. The fraction of sp³-hybridized carbons (Fsp3) is 0.176. The summed E-state index contributed by atoms with van der Waals surface area (Å²) in [5, 5.41) is 23.4. The summed E-state index contributed by atoms with van der Waals surface area (Å²) in [5.41, 5.74) is -3.37. The van der Waals surface area contributed by atoms with E-state index in [1.807, 2.05) is 0 Å². The molecule has 2 aromatic rings. The second-order valence-electron chi connectivity index (χ2n) is 5.57. The minimum Gasteiger partial charge on any atom is -0.508 e. The highest BCUT2D eigenvalue weighted by Crippen LogP contribution is 2.42. The van der Waals surface area contributed by atoms with Crippen molar-refractivity contribution < 1.29 is 28.2 Å². The van der Waals surface area contributed by atoms with Crippen molar-refractivity contribution in [3.8, 4) is 5.75 Å². The number of phenolic OH excluding ortho intramolecular Hbond substituents is 1. The summed E-state index contributed by atoms with van der Waals surface area (Å²) in [5.74, 6) is -1.45. The Bertz CT molecular complexity index is 837. The lowest BCUT2D eigenvalue weighted by Gasteiger charge is -2.32. The zero-order chi connectivity index (χ0) is 18.2. The summed E-state index contributed by atoms with van der Waals surface area (Å²) < 4.78 is 40.4. The molecule has 2 N–H and O–H groups in total. The molecule has 1 aliphatic heterocycles. The van der Waals surface area contributed by atoms with E-state index < -0.39 is 24.2 Å². The zero-order valence-corrected chi connectivity index (χ0v) is 12.7. The third kappa shape index (κ3) is 2.96. The van der Waals surface area contributed by atoms with Crippen LogP contribution in [0.1, 0.15) is 22.3 Å². The van der Waals surface area contributed by atoms with Crippen LogP contribution in [-0.2, 0) is 0 Å². The lowest BCUT2D eigenvalue weighted by Crippen LogP contribution is -2.56. The van der Waals surface area contributed by atoms with Gasteiger partial charge in [0.05, 0.1) is 12.1 Å². The molecule has 1 heterocycles. The molecule has 0 bridgehead atoms. The summed E-state index contributed by atoms with van der Waals surface area (Å²) in [6, 6.07) is 12.8. The molecular weight excluding hydrogens is 337 g/mol. The Balaban J connectivity index is 2.06. The summed E-state index contributed by atoms with van der Waals surface area (Å²) in [6.07, 6.45) is -6.00. The molecule has 0 fully saturated rings. The van der Waals surface area contributed by atoms with Crippen LogP contribution in [-0.4, -0.2) is 38.7 Å². The van der Waals surface area contributed by atoms with E-state index in [-0.39, 0.29) is 22.0 Å². The highest BCUT2D eigenvalue weighted by atomic mass is 19.4. The number of amides is 1. The molecule has 0 saturated carbocycles. The number of benzene rings is 2. The van der Waals surface area contributed by atoms with Gasteiger partial charge < -0.3 is 10.2 Å². The van der Waals surface area contributed by atoms with E-state index in [9.17, 15) is 28.2 Å². The minimum absolute atomic E-state index is 0.0319. The standard InChI is InChI=1S/C17H13F3N2O3/c18-17(19,20)16(25)10-14(11-5-2-1-3-6-11)21-22(16)15(24)12-7-4-8-13(23)9-12/h1-9,23,25H,10H2. The van der Waals surface area contributed by atoms with E-state index in [0.717, 1.165) is 6.07 Å². The fourth-order valence-electron chi connectivity index (χ4n) is 2.53. The third-order valence-corrected chi connectivity index (χ3v) is 3.83. The second-order valence-corrected chi connectivity index (χ2v) is 5.57. The molecule has 25 heavy (non-hydrogen) atoms. The number of carbonyl (C=O) groups is 1. The number of aliphatic hydroxyl groups is 1. The van der Waals surface area contributed by atoms with Gasteiger partial charge in [-0.15, -0.1) is 0 Å². The summed E-state index contributed by atoms with van der Waals surface area (Å²) >= 11 is 0. The van der Waals surface area contributed by atoms with Crippen LogP contribution in [0.4, 0.5) is 13.2 Å². The van der Waals surface area contributed by atoms with E-state index in [4.69, 9.17) is 0 Å². The van der Waals surface area contributed by atoms with Gasteiger partial charge in [0, 0.05) is 5.56 Å². The Labute approximate surface area is 140 Å². The molecule has 1 amide bonds. The number of hydrazone groups is 1. The van der Waals surface area contributed by atoms with Gasteiger partial charge in [-0.05, 0) is 23.8 Å². The molecule has 130 valence electrons. The van der Waals surface area contributed by atoms with Crippen LogP contribution in [0, 0.1) is 0 Å². The maximum absolute atomic E-state index is 13.5. The van der Waals surface area contributed by atoms with Crippen molar-refractivity contribution in [3.05, 3.63) is 65.7 Å². The van der Waals surface area contributed by atoms with Crippen molar-refractivity contribution in [2.75, 3.05) is 0 Å². The molecule has 0 aliphatic carbocycles. The van der Waals surface area contributed by atoms with Gasteiger partial charge in [-0.2, -0.15) is 23.3 Å². The van der Waals surface area contributed by atoms with E-state index in [1.54, 1.807) is 18.2 Å². The number of halogens is 3. The molecule has 2 aromatic carbocycles. The maximum Gasteiger partial charge on any atom is 0.438 e.